The van der Waals surface area contributed by atoms with Crippen LogP contribution in [0.5, 0.6) is 5.75 Å². The van der Waals surface area contributed by atoms with Gasteiger partial charge in [-0.05, 0) is 42.3 Å². The monoisotopic (exact) mass is 372 g/mol. The summed E-state index contributed by atoms with van der Waals surface area (Å²) in [5.41, 5.74) is 1.51. The van der Waals surface area contributed by atoms with Crippen molar-refractivity contribution in [3.05, 3.63) is 64.2 Å². The fourth-order valence-electron chi connectivity index (χ4n) is 2.78. The van der Waals surface area contributed by atoms with Crippen LogP contribution in [0, 0.1) is 0 Å². The number of nitrogens with one attached hydrogen (secondary N) is 1. The Kier molecular flexibility index (Phi) is 5.23. The maximum absolute atomic E-state index is 12.3. The van der Waals surface area contributed by atoms with Crippen LogP contribution in [0.2, 0.25) is 5.02 Å². The predicted octanol–water partition coefficient (Wildman–Crippen LogP) is 2.30. The van der Waals surface area contributed by atoms with Crippen molar-refractivity contribution in [2.24, 2.45) is 0 Å². The average molecular weight is 373 g/mol. The fraction of sp³-hybridized carbons (Fsp3) is 0.211. The molecule has 0 saturated heterocycles. The van der Waals surface area contributed by atoms with Gasteiger partial charge in [-0.25, -0.2) is 0 Å². The predicted molar refractivity (Wildman–Crippen MR) is 96.5 cm³/mol. The molecule has 0 radical (unpaired) electrons. The molecule has 0 atom stereocenters. The maximum atomic E-state index is 12.3. The van der Waals surface area contributed by atoms with Gasteiger partial charge in [-0.2, -0.15) is 0 Å². The van der Waals surface area contributed by atoms with Gasteiger partial charge in [0.15, 0.2) is 0 Å². The molecule has 2 aromatic rings. The van der Waals surface area contributed by atoms with Gasteiger partial charge in [0.2, 0.25) is 5.91 Å². The van der Waals surface area contributed by atoms with Crippen molar-refractivity contribution in [1.82, 2.24) is 10.2 Å². The Balaban J connectivity index is 1.55. The molecule has 0 aliphatic carbocycles. The van der Waals surface area contributed by atoms with Crippen molar-refractivity contribution in [2.75, 3.05) is 20.2 Å². The van der Waals surface area contributed by atoms with Crippen LogP contribution in [0.3, 0.4) is 0 Å². The molecule has 1 N–H and O–H groups in total. The van der Waals surface area contributed by atoms with Gasteiger partial charge in [0.1, 0.15) is 12.3 Å². The number of imide groups is 1. The molecule has 6 nitrogen and oxygen atoms in total. The summed E-state index contributed by atoms with van der Waals surface area (Å²) in [7, 11) is 1.59. The zero-order valence-electron chi connectivity index (χ0n) is 14.1. The molecule has 7 heteroatoms. The molecular formula is C19H17ClN2O4. The second-order valence-electron chi connectivity index (χ2n) is 5.84. The molecule has 0 fully saturated rings. The molecule has 1 heterocycles. The first-order valence-corrected chi connectivity index (χ1v) is 8.43. The Morgan fingerprint density at radius 1 is 1.12 bits per heavy atom. The Labute approximate surface area is 155 Å². The van der Waals surface area contributed by atoms with Crippen LogP contribution >= 0.6 is 11.6 Å². The third-order valence-corrected chi connectivity index (χ3v) is 4.34. The second-order valence-corrected chi connectivity index (χ2v) is 6.27. The fourth-order valence-corrected chi connectivity index (χ4v) is 2.95. The Morgan fingerprint density at radius 3 is 2.65 bits per heavy atom. The van der Waals surface area contributed by atoms with E-state index in [1.165, 1.54) is 12.1 Å². The molecule has 3 rings (SSSR count). The minimum Gasteiger partial charge on any atom is -0.497 e. The van der Waals surface area contributed by atoms with E-state index in [1.807, 2.05) is 24.3 Å². The summed E-state index contributed by atoms with van der Waals surface area (Å²) in [5.74, 6) is -0.632. The van der Waals surface area contributed by atoms with E-state index in [4.69, 9.17) is 16.3 Å². The average Bonchev–Trinajstić information content (AvgIpc) is 2.86. The van der Waals surface area contributed by atoms with Crippen LogP contribution < -0.4 is 10.1 Å². The highest BCUT2D eigenvalue weighted by atomic mass is 35.5. The van der Waals surface area contributed by atoms with Gasteiger partial charge in [0, 0.05) is 11.6 Å². The van der Waals surface area contributed by atoms with Gasteiger partial charge >= 0.3 is 0 Å². The molecule has 0 unspecified atom stereocenters. The number of hydrogen-bond acceptors (Lipinski definition) is 4. The first kappa shape index (κ1) is 17.9. The van der Waals surface area contributed by atoms with E-state index in [9.17, 15) is 14.4 Å². The number of amides is 3. The highest BCUT2D eigenvalue weighted by molar-refractivity contribution is 6.32. The number of rotatable bonds is 6. The van der Waals surface area contributed by atoms with E-state index >= 15 is 0 Å². The SMILES string of the molecule is COc1cccc(CCNC(=O)CN2C(=O)c3ccc(Cl)cc3C2=O)c1. The minimum atomic E-state index is -0.504. The van der Waals surface area contributed by atoms with Crippen LogP contribution in [0.4, 0.5) is 0 Å². The topological polar surface area (TPSA) is 75.7 Å². The van der Waals surface area contributed by atoms with Crippen molar-refractivity contribution in [2.45, 2.75) is 6.42 Å². The zero-order valence-corrected chi connectivity index (χ0v) is 14.9. The van der Waals surface area contributed by atoms with Gasteiger partial charge in [-0.1, -0.05) is 23.7 Å². The lowest BCUT2D eigenvalue weighted by atomic mass is 10.1. The normalized spacial score (nSPS) is 12.9. The number of halogens is 1. The lowest BCUT2D eigenvalue weighted by molar-refractivity contribution is -0.121. The lowest BCUT2D eigenvalue weighted by Gasteiger charge is -2.13. The summed E-state index contributed by atoms with van der Waals surface area (Å²) < 4.78 is 5.16. The van der Waals surface area contributed by atoms with Crippen molar-refractivity contribution in [3.8, 4) is 5.75 Å². The van der Waals surface area contributed by atoms with Gasteiger partial charge in [-0.15, -0.1) is 0 Å². The molecule has 0 saturated carbocycles. The molecule has 0 aromatic heterocycles. The molecular weight excluding hydrogens is 356 g/mol. The summed E-state index contributed by atoms with van der Waals surface area (Å²) in [6, 6.07) is 12.0. The molecule has 26 heavy (non-hydrogen) atoms. The van der Waals surface area contributed by atoms with Crippen LogP contribution in [0.25, 0.3) is 0 Å². The molecule has 3 amide bonds. The number of methoxy groups -OCH3 is 1. The second kappa shape index (κ2) is 7.58. The Morgan fingerprint density at radius 2 is 1.88 bits per heavy atom. The van der Waals surface area contributed by atoms with E-state index in [-0.39, 0.29) is 17.7 Å². The molecule has 134 valence electrons. The van der Waals surface area contributed by atoms with Gasteiger partial charge < -0.3 is 10.1 Å². The molecule has 0 spiro atoms. The summed E-state index contributed by atoms with van der Waals surface area (Å²) in [4.78, 5) is 37.6. The summed E-state index contributed by atoms with van der Waals surface area (Å²) in [5, 5.41) is 3.09. The van der Waals surface area contributed by atoms with Crippen molar-refractivity contribution >= 4 is 29.3 Å². The van der Waals surface area contributed by atoms with Crippen molar-refractivity contribution < 1.29 is 19.1 Å². The van der Waals surface area contributed by atoms with Gasteiger partial charge in [-0.3, -0.25) is 19.3 Å². The first-order valence-electron chi connectivity index (χ1n) is 8.05. The number of carbonyl (C=O) groups is 3. The minimum absolute atomic E-state index is 0.228. The van der Waals surface area contributed by atoms with Crippen LogP contribution in [0.1, 0.15) is 26.3 Å². The molecule has 0 bridgehead atoms. The van der Waals surface area contributed by atoms with Crippen LogP contribution in [0.15, 0.2) is 42.5 Å². The van der Waals surface area contributed by atoms with E-state index < -0.39 is 17.7 Å². The number of hydrogen-bond donors (Lipinski definition) is 1. The van der Waals surface area contributed by atoms with Crippen LogP contribution in [-0.4, -0.2) is 42.8 Å². The Bertz CT molecular complexity index is 882. The number of fused-ring (bicyclic) bond motifs is 1. The molecule has 1 aliphatic rings. The van der Waals surface area contributed by atoms with Gasteiger partial charge in [0.05, 0.1) is 18.2 Å². The molecule has 1 aliphatic heterocycles. The summed E-state index contributed by atoms with van der Waals surface area (Å²) in [6.45, 7) is 0.0725. The third-order valence-electron chi connectivity index (χ3n) is 4.10. The lowest BCUT2D eigenvalue weighted by Crippen LogP contribution is -2.40. The number of ether oxygens (including phenoxy) is 1. The van der Waals surface area contributed by atoms with E-state index in [1.54, 1.807) is 13.2 Å². The van der Waals surface area contributed by atoms with Crippen molar-refractivity contribution in [1.29, 1.82) is 0 Å². The van der Waals surface area contributed by atoms with E-state index in [0.29, 0.717) is 18.0 Å². The van der Waals surface area contributed by atoms with Crippen molar-refractivity contribution in [3.63, 3.8) is 0 Å². The van der Waals surface area contributed by atoms with E-state index in [2.05, 4.69) is 5.32 Å². The first-order chi connectivity index (χ1) is 12.5. The number of benzene rings is 2. The summed E-state index contributed by atoms with van der Waals surface area (Å²) >= 11 is 5.87. The summed E-state index contributed by atoms with van der Waals surface area (Å²) in [6.07, 6.45) is 0.612. The van der Waals surface area contributed by atoms with E-state index in [0.717, 1.165) is 16.2 Å². The quantitative estimate of drug-likeness (QED) is 0.789. The maximum Gasteiger partial charge on any atom is 0.262 e. The standard InChI is InChI=1S/C19H17ClN2O4/c1-26-14-4-2-3-12(9-14)7-8-21-17(23)11-22-18(24)15-6-5-13(20)10-16(15)19(22)25/h2-6,9-10H,7-8,11H2,1H3,(H,21,23). The number of nitrogens with zero attached hydrogens (tertiary/aromatic N) is 1. The smallest absolute Gasteiger partial charge is 0.262 e. The zero-order chi connectivity index (χ0) is 18.7. The van der Waals surface area contributed by atoms with Gasteiger partial charge in [0.25, 0.3) is 11.8 Å². The third kappa shape index (κ3) is 3.70. The number of carbonyl (C=O) groups excluding carboxylic acids is 3. The highest BCUT2D eigenvalue weighted by Crippen LogP contribution is 2.25. The largest absolute Gasteiger partial charge is 0.497 e. The Hall–Kier alpha value is -2.86. The molecule has 2 aromatic carbocycles. The highest BCUT2D eigenvalue weighted by Gasteiger charge is 2.36. The van der Waals surface area contributed by atoms with Crippen LogP contribution in [-0.2, 0) is 11.2 Å².